The van der Waals surface area contributed by atoms with Gasteiger partial charge in [0.05, 0.1) is 10.5 Å². The number of anilines is 1. The summed E-state index contributed by atoms with van der Waals surface area (Å²) in [6.45, 7) is 3.50. The van der Waals surface area contributed by atoms with E-state index in [1.807, 2.05) is 11.8 Å². The first-order valence-electron chi connectivity index (χ1n) is 6.93. The van der Waals surface area contributed by atoms with Gasteiger partial charge in [0.15, 0.2) is 0 Å². The van der Waals surface area contributed by atoms with Crippen molar-refractivity contribution in [1.82, 2.24) is 4.90 Å². The number of benzene rings is 1. The molecule has 114 valence electrons. The minimum atomic E-state index is -0.475. The predicted octanol–water partition coefficient (Wildman–Crippen LogP) is 2.60. The number of nitrogens with zero attached hydrogens (tertiary/aromatic N) is 2. The van der Waals surface area contributed by atoms with Gasteiger partial charge in [0.25, 0.3) is 11.6 Å². The summed E-state index contributed by atoms with van der Waals surface area (Å²) in [5.74, 6) is 0.774. The van der Waals surface area contributed by atoms with Crippen molar-refractivity contribution in [3.8, 4) is 0 Å². The number of amides is 1. The van der Waals surface area contributed by atoms with E-state index in [1.165, 1.54) is 12.1 Å². The quantitative estimate of drug-likeness (QED) is 0.683. The van der Waals surface area contributed by atoms with Crippen molar-refractivity contribution in [2.45, 2.75) is 18.6 Å². The van der Waals surface area contributed by atoms with Gasteiger partial charge in [-0.1, -0.05) is 6.92 Å². The Labute approximate surface area is 128 Å². The monoisotopic (exact) mass is 309 g/mol. The minimum absolute atomic E-state index is 0.0595. The van der Waals surface area contributed by atoms with Gasteiger partial charge in [0, 0.05) is 49.0 Å². The van der Waals surface area contributed by atoms with Gasteiger partial charge in [0.2, 0.25) is 0 Å². The lowest BCUT2D eigenvalue weighted by molar-refractivity contribution is -0.384. The lowest BCUT2D eigenvalue weighted by Gasteiger charge is -2.32. The molecule has 0 bridgehead atoms. The summed E-state index contributed by atoms with van der Waals surface area (Å²) < 4.78 is 0. The number of nitro groups is 1. The van der Waals surface area contributed by atoms with Crippen LogP contribution in [0.3, 0.4) is 0 Å². The SMILES string of the molecule is CCC1CN(C(=O)c2cc([N+](=O)[O-])ccc2NC)CCS1. The highest BCUT2D eigenvalue weighted by atomic mass is 32.2. The number of non-ortho nitro benzene ring substituents is 1. The maximum absolute atomic E-state index is 12.7. The second-order valence-corrected chi connectivity index (χ2v) is 6.30. The van der Waals surface area contributed by atoms with Crippen molar-refractivity contribution in [1.29, 1.82) is 0 Å². The number of rotatable bonds is 4. The predicted molar refractivity (Wildman–Crippen MR) is 85.1 cm³/mol. The van der Waals surface area contributed by atoms with E-state index in [9.17, 15) is 14.9 Å². The molecule has 1 atom stereocenters. The van der Waals surface area contributed by atoms with Crippen LogP contribution in [0.2, 0.25) is 0 Å². The second kappa shape index (κ2) is 6.80. The van der Waals surface area contributed by atoms with Crippen LogP contribution in [0.1, 0.15) is 23.7 Å². The molecule has 1 heterocycles. The number of carbonyl (C=O) groups excluding carboxylic acids is 1. The highest BCUT2D eigenvalue weighted by Gasteiger charge is 2.26. The molecule has 1 N–H and O–H groups in total. The van der Waals surface area contributed by atoms with Gasteiger partial charge in [-0.05, 0) is 12.5 Å². The van der Waals surface area contributed by atoms with Gasteiger partial charge in [-0.2, -0.15) is 11.8 Å². The first kappa shape index (κ1) is 15.6. The molecule has 1 unspecified atom stereocenters. The van der Waals surface area contributed by atoms with Crippen LogP contribution in [0.4, 0.5) is 11.4 Å². The third-order valence-electron chi connectivity index (χ3n) is 3.60. The third-order valence-corrected chi connectivity index (χ3v) is 4.97. The molecule has 1 aliphatic heterocycles. The molecule has 1 saturated heterocycles. The van der Waals surface area contributed by atoms with E-state index in [1.54, 1.807) is 18.0 Å². The first-order valence-corrected chi connectivity index (χ1v) is 7.98. The molecule has 1 fully saturated rings. The minimum Gasteiger partial charge on any atom is -0.387 e. The summed E-state index contributed by atoms with van der Waals surface area (Å²) in [7, 11) is 1.71. The van der Waals surface area contributed by atoms with E-state index in [0.29, 0.717) is 29.6 Å². The smallest absolute Gasteiger partial charge is 0.270 e. The lowest BCUT2D eigenvalue weighted by Crippen LogP contribution is -2.42. The summed E-state index contributed by atoms with van der Waals surface area (Å²) in [6.07, 6.45) is 1.02. The summed E-state index contributed by atoms with van der Waals surface area (Å²) >= 11 is 1.88. The van der Waals surface area contributed by atoms with Crippen molar-refractivity contribution < 1.29 is 9.72 Å². The molecule has 2 rings (SSSR count). The Balaban J connectivity index is 2.28. The van der Waals surface area contributed by atoms with E-state index >= 15 is 0 Å². The van der Waals surface area contributed by atoms with Gasteiger partial charge in [-0.15, -0.1) is 0 Å². The zero-order chi connectivity index (χ0) is 15.4. The average Bonchev–Trinajstić information content (AvgIpc) is 2.53. The van der Waals surface area contributed by atoms with Gasteiger partial charge in [-0.25, -0.2) is 0 Å². The van der Waals surface area contributed by atoms with Crippen molar-refractivity contribution in [2.75, 3.05) is 31.2 Å². The molecular formula is C14H19N3O3S. The van der Waals surface area contributed by atoms with E-state index in [2.05, 4.69) is 12.2 Å². The topological polar surface area (TPSA) is 75.5 Å². The first-order chi connectivity index (χ1) is 10.1. The highest BCUT2D eigenvalue weighted by molar-refractivity contribution is 8.00. The lowest BCUT2D eigenvalue weighted by atomic mass is 10.1. The Kier molecular flexibility index (Phi) is 5.06. The van der Waals surface area contributed by atoms with Crippen LogP contribution in [0.15, 0.2) is 18.2 Å². The average molecular weight is 309 g/mol. The van der Waals surface area contributed by atoms with E-state index in [-0.39, 0.29) is 11.6 Å². The summed E-state index contributed by atoms with van der Waals surface area (Å²) in [6, 6.07) is 4.35. The Bertz CT molecular complexity index is 550. The molecule has 21 heavy (non-hydrogen) atoms. The van der Waals surface area contributed by atoms with Crippen LogP contribution < -0.4 is 5.32 Å². The third kappa shape index (κ3) is 3.47. The molecule has 6 nitrogen and oxygen atoms in total. The van der Waals surface area contributed by atoms with Crippen LogP contribution in [0.25, 0.3) is 0 Å². The molecule has 0 aliphatic carbocycles. The molecule has 1 aromatic rings. The van der Waals surface area contributed by atoms with Crippen molar-refractivity contribution in [2.24, 2.45) is 0 Å². The normalized spacial score (nSPS) is 18.4. The van der Waals surface area contributed by atoms with Crippen LogP contribution in [0.5, 0.6) is 0 Å². The molecule has 0 spiro atoms. The number of carbonyl (C=O) groups is 1. The number of hydrogen-bond acceptors (Lipinski definition) is 5. The molecule has 1 aromatic carbocycles. The fraction of sp³-hybridized carbons (Fsp3) is 0.500. The van der Waals surface area contributed by atoms with Crippen molar-refractivity contribution in [3.63, 3.8) is 0 Å². The van der Waals surface area contributed by atoms with Crippen molar-refractivity contribution in [3.05, 3.63) is 33.9 Å². The number of thioether (sulfide) groups is 1. The highest BCUT2D eigenvalue weighted by Crippen LogP contribution is 2.26. The Hall–Kier alpha value is -1.76. The fourth-order valence-electron chi connectivity index (χ4n) is 2.36. The Morgan fingerprint density at radius 3 is 2.95 bits per heavy atom. The zero-order valence-electron chi connectivity index (χ0n) is 12.2. The van der Waals surface area contributed by atoms with Gasteiger partial charge >= 0.3 is 0 Å². The maximum atomic E-state index is 12.7. The van der Waals surface area contributed by atoms with Gasteiger partial charge in [0.1, 0.15) is 0 Å². The zero-order valence-corrected chi connectivity index (χ0v) is 13.0. The van der Waals surface area contributed by atoms with Crippen LogP contribution in [0, 0.1) is 10.1 Å². The second-order valence-electron chi connectivity index (χ2n) is 4.89. The van der Waals surface area contributed by atoms with Gasteiger partial charge < -0.3 is 10.2 Å². The molecule has 0 radical (unpaired) electrons. The van der Waals surface area contributed by atoms with Crippen LogP contribution in [-0.4, -0.2) is 46.9 Å². The Morgan fingerprint density at radius 2 is 2.33 bits per heavy atom. The van der Waals surface area contributed by atoms with E-state index in [4.69, 9.17) is 0 Å². The van der Waals surface area contributed by atoms with Crippen molar-refractivity contribution >= 4 is 29.0 Å². The summed E-state index contributed by atoms with van der Waals surface area (Å²) in [4.78, 5) is 24.9. The number of nitrogens with one attached hydrogen (secondary N) is 1. The molecule has 1 aliphatic rings. The molecule has 7 heteroatoms. The van der Waals surface area contributed by atoms with E-state index < -0.39 is 4.92 Å². The summed E-state index contributed by atoms with van der Waals surface area (Å²) in [5, 5.41) is 14.3. The molecule has 0 saturated carbocycles. The molecule has 0 aromatic heterocycles. The maximum Gasteiger partial charge on any atom is 0.270 e. The van der Waals surface area contributed by atoms with Crippen LogP contribution in [-0.2, 0) is 0 Å². The molecule has 1 amide bonds. The standard InChI is InChI=1S/C14H19N3O3S/c1-3-11-9-16(6-7-21-11)14(18)12-8-10(17(19)20)4-5-13(12)15-2/h4-5,8,11,15H,3,6-7,9H2,1-2H3. The van der Waals surface area contributed by atoms with E-state index in [0.717, 1.165) is 12.2 Å². The van der Waals surface area contributed by atoms with Crippen LogP contribution >= 0.6 is 11.8 Å². The fourth-order valence-corrected chi connectivity index (χ4v) is 3.54. The number of nitro benzene ring substituents is 1. The largest absolute Gasteiger partial charge is 0.387 e. The van der Waals surface area contributed by atoms with Gasteiger partial charge in [-0.3, -0.25) is 14.9 Å². The molecular weight excluding hydrogens is 290 g/mol. The Morgan fingerprint density at radius 1 is 1.57 bits per heavy atom. The summed E-state index contributed by atoms with van der Waals surface area (Å²) in [5.41, 5.74) is 0.932. The number of hydrogen-bond donors (Lipinski definition) is 1.